The first-order valence-corrected chi connectivity index (χ1v) is 10.2. The van der Waals surface area contributed by atoms with Gasteiger partial charge in [0.15, 0.2) is 23.0 Å². The van der Waals surface area contributed by atoms with Crippen molar-refractivity contribution in [1.82, 2.24) is 0 Å². The SMILES string of the molecule is O=C(Nc1cccc(NC(=O)c2ccc3c(c2)OCCO3)c1)c1ccc2c(c1)OCCO2. The van der Waals surface area contributed by atoms with E-state index in [2.05, 4.69) is 10.6 Å². The Kier molecular flexibility index (Phi) is 5.25. The van der Waals surface area contributed by atoms with Gasteiger partial charge in [-0.25, -0.2) is 0 Å². The zero-order valence-corrected chi connectivity index (χ0v) is 17.1. The molecule has 8 heteroatoms. The van der Waals surface area contributed by atoms with E-state index >= 15 is 0 Å². The molecule has 32 heavy (non-hydrogen) atoms. The van der Waals surface area contributed by atoms with E-state index in [0.29, 0.717) is 71.9 Å². The highest BCUT2D eigenvalue weighted by Crippen LogP contribution is 2.32. The van der Waals surface area contributed by atoms with Crippen molar-refractivity contribution in [3.8, 4) is 23.0 Å². The quantitative estimate of drug-likeness (QED) is 0.652. The third-order valence-corrected chi connectivity index (χ3v) is 4.99. The minimum atomic E-state index is -0.294. The zero-order valence-electron chi connectivity index (χ0n) is 17.1. The van der Waals surface area contributed by atoms with E-state index in [9.17, 15) is 9.59 Å². The van der Waals surface area contributed by atoms with Crippen molar-refractivity contribution < 1.29 is 28.5 Å². The van der Waals surface area contributed by atoms with Crippen LogP contribution in [-0.4, -0.2) is 38.2 Å². The van der Waals surface area contributed by atoms with Gasteiger partial charge in [0.25, 0.3) is 11.8 Å². The van der Waals surface area contributed by atoms with Gasteiger partial charge in [0.2, 0.25) is 0 Å². The van der Waals surface area contributed by atoms with Crippen LogP contribution in [0.3, 0.4) is 0 Å². The van der Waals surface area contributed by atoms with Gasteiger partial charge < -0.3 is 29.6 Å². The minimum Gasteiger partial charge on any atom is -0.486 e. The monoisotopic (exact) mass is 432 g/mol. The fourth-order valence-corrected chi connectivity index (χ4v) is 3.45. The Balaban J connectivity index is 1.27. The van der Waals surface area contributed by atoms with Crippen LogP contribution in [0, 0.1) is 0 Å². The molecule has 0 bridgehead atoms. The van der Waals surface area contributed by atoms with Gasteiger partial charge in [-0.05, 0) is 54.6 Å². The Morgan fingerprint density at radius 3 is 1.47 bits per heavy atom. The summed E-state index contributed by atoms with van der Waals surface area (Å²) in [5.74, 6) is 1.75. The number of ether oxygens (including phenoxy) is 4. The van der Waals surface area contributed by atoms with E-state index in [1.165, 1.54) is 0 Å². The second-order valence-electron chi connectivity index (χ2n) is 7.21. The van der Waals surface area contributed by atoms with E-state index in [1.807, 2.05) is 0 Å². The molecule has 2 heterocycles. The third-order valence-electron chi connectivity index (χ3n) is 4.99. The van der Waals surface area contributed by atoms with E-state index in [4.69, 9.17) is 18.9 Å². The van der Waals surface area contributed by atoms with Crippen LogP contribution in [0.15, 0.2) is 60.7 Å². The van der Waals surface area contributed by atoms with E-state index < -0.39 is 0 Å². The lowest BCUT2D eigenvalue weighted by Gasteiger charge is -2.19. The number of hydrogen-bond donors (Lipinski definition) is 2. The summed E-state index contributed by atoms with van der Waals surface area (Å²) < 4.78 is 22.0. The maximum Gasteiger partial charge on any atom is 0.255 e. The first kappa shape index (κ1) is 19.7. The molecule has 2 aliphatic heterocycles. The fraction of sp³-hybridized carbons (Fsp3) is 0.167. The number of rotatable bonds is 4. The molecule has 2 N–H and O–H groups in total. The highest BCUT2D eigenvalue weighted by molar-refractivity contribution is 6.06. The highest BCUT2D eigenvalue weighted by atomic mass is 16.6. The molecule has 0 saturated heterocycles. The molecular weight excluding hydrogens is 412 g/mol. The third kappa shape index (κ3) is 4.15. The Bertz CT molecular complexity index is 1100. The first-order chi connectivity index (χ1) is 15.7. The maximum atomic E-state index is 12.7. The number of hydrogen-bond acceptors (Lipinski definition) is 6. The van der Waals surface area contributed by atoms with Gasteiger partial charge in [0.05, 0.1) is 0 Å². The van der Waals surface area contributed by atoms with Gasteiger partial charge >= 0.3 is 0 Å². The fourth-order valence-electron chi connectivity index (χ4n) is 3.45. The molecule has 5 rings (SSSR count). The van der Waals surface area contributed by atoms with Crippen LogP contribution in [0.2, 0.25) is 0 Å². The number of carbonyl (C=O) groups excluding carboxylic acids is 2. The summed E-state index contributed by atoms with van der Waals surface area (Å²) in [4.78, 5) is 25.3. The predicted octanol–water partition coefficient (Wildman–Crippen LogP) is 3.73. The van der Waals surface area contributed by atoms with E-state index in [0.717, 1.165) is 0 Å². The lowest BCUT2D eigenvalue weighted by Crippen LogP contribution is -2.18. The molecule has 2 amide bonds. The van der Waals surface area contributed by atoms with Crippen molar-refractivity contribution in [2.24, 2.45) is 0 Å². The molecule has 3 aromatic rings. The van der Waals surface area contributed by atoms with Gasteiger partial charge in [-0.3, -0.25) is 9.59 Å². The first-order valence-electron chi connectivity index (χ1n) is 10.2. The summed E-state index contributed by atoms with van der Waals surface area (Å²) in [6.45, 7) is 1.87. The second kappa shape index (κ2) is 8.50. The molecule has 8 nitrogen and oxygen atoms in total. The molecular formula is C24H20N2O6. The van der Waals surface area contributed by atoms with Gasteiger partial charge in [-0.15, -0.1) is 0 Å². The van der Waals surface area contributed by atoms with Crippen molar-refractivity contribution in [2.75, 3.05) is 37.1 Å². The number of carbonyl (C=O) groups is 2. The van der Waals surface area contributed by atoms with Crippen LogP contribution in [0.25, 0.3) is 0 Å². The summed E-state index contributed by atoms with van der Waals surface area (Å²) in [5.41, 5.74) is 1.98. The molecule has 162 valence electrons. The standard InChI is InChI=1S/C24H20N2O6/c27-23(15-4-6-19-21(12-15)31-10-8-29-19)25-17-2-1-3-18(14-17)26-24(28)16-5-7-20-22(13-16)32-11-9-30-20/h1-7,12-14H,8-11H2,(H,25,27)(H,26,28). The summed E-state index contributed by atoms with van der Waals surface area (Å²) in [7, 11) is 0. The topological polar surface area (TPSA) is 95.1 Å². The van der Waals surface area contributed by atoms with Crippen molar-refractivity contribution in [3.05, 3.63) is 71.8 Å². The summed E-state index contributed by atoms with van der Waals surface area (Å²) in [6, 6.07) is 17.0. The van der Waals surface area contributed by atoms with Gasteiger partial charge in [0, 0.05) is 22.5 Å². The molecule has 0 saturated carbocycles. The van der Waals surface area contributed by atoms with E-state index in [1.54, 1.807) is 60.7 Å². The lowest BCUT2D eigenvalue weighted by molar-refractivity contribution is 0.101. The van der Waals surface area contributed by atoms with E-state index in [-0.39, 0.29) is 11.8 Å². The minimum absolute atomic E-state index is 0.294. The number of benzene rings is 3. The number of anilines is 2. The van der Waals surface area contributed by atoms with Crippen molar-refractivity contribution in [1.29, 1.82) is 0 Å². The van der Waals surface area contributed by atoms with Crippen LogP contribution >= 0.6 is 0 Å². The summed E-state index contributed by atoms with van der Waals surface area (Å²) in [5, 5.41) is 5.67. The van der Waals surface area contributed by atoms with Crippen LogP contribution in [0.5, 0.6) is 23.0 Å². The molecule has 0 aromatic heterocycles. The summed E-state index contributed by atoms with van der Waals surface area (Å²) in [6.07, 6.45) is 0. The number of amides is 2. The molecule has 3 aromatic carbocycles. The van der Waals surface area contributed by atoms with Gasteiger partial charge in [-0.1, -0.05) is 6.07 Å². The lowest BCUT2D eigenvalue weighted by atomic mass is 10.1. The molecule has 2 aliphatic rings. The number of nitrogens with one attached hydrogen (secondary N) is 2. The van der Waals surface area contributed by atoms with Gasteiger partial charge in [-0.2, -0.15) is 0 Å². The van der Waals surface area contributed by atoms with Crippen molar-refractivity contribution in [3.63, 3.8) is 0 Å². The molecule has 0 radical (unpaired) electrons. The van der Waals surface area contributed by atoms with Crippen molar-refractivity contribution in [2.45, 2.75) is 0 Å². The zero-order chi connectivity index (χ0) is 21.9. The average Bonchev–Trinajstić information content (AvgIpc) is 2.83. The Morgan fingerprint density at radius 1 is 0.562 bits per heavy atom. The Labute approximate surface area is 184 Å². The molecule has 0 aliphatic carbocycles. The summed E-state index contributed by atoms with van der Waals surface area (Å²) >= 11 is 0. The predicted molar refractivity (Wildman–Crippen MR) is 117 cm³/mol. The molecule has 0 atom stereocenters. The molecule has 0 unspecified atom stereocenters. The Hall–Kier alpha value is -4.20. The largest absolute Gasteiger partial charge is 0.486 e. The Morgan fingerprint density at radius 2 is 1.00 bits per heavy atom. The van der Waals surface area contributed by atoms with Crippen LogP contribution in [0.1, 0.15) is 20.7 Å². The molecule has 0 fully saturated rings. The molecule has 0 spiro atoms. The second-order valence-corrected chi connectivity index (χ2v) is 7.21. The average molecular weight is 432 g/mol. The smallest absolute Gasteiger partial charge is 0.255 e. The maximum absolute atomic E-state index is 12.7. The highest BCUT2D eigenvalue weighted by Gasteiger charge is 2.17. The van der Waals surface area contributed by atoms with Crippen LogP contribution < -0.4 is 29.6 Å². The van der Waals surface area contributed by atoms with Crippen LogP contribution in [-0.2, 0) is 0 Å². The normalized spacial score (nSPS) is 13.8. The van der Waals surface area contributed by atoms with Gasteiger partial charge in [0.1, 0.15) is 26.4 Å². The number of fused-ring (bicyclic) bond motifs is 2. The van der Waals surface area contributed by atoms with Crippen LogP contribution in [0.4, 0.5) is 11.4 Å². The van der Waals surface area contributed by atoms with Crippen molar-refractivity contribution >= 4 is 23.2 Å².